The molecule has 0 bridgehead atoms. The van der Waals surface area contributed by atoms with Crippen molar-refractivity contribution in [1.82, 2.24) is 0 Å². The van der Waals surface area contributed by atoms with Crippen LogP contribution < -0.4 is 19.9 Å². The predicted octanol–water partition coefficient (Wildman–Crippen LogP) is 1.98. The third-order valence-corrected chi connectivity index (χ3v) is 2.36. The molecule has 102 valence electrons. The Bertz CT molecular complexity index is 404. The second-order valence-corrected chi connectivity index (χ2v) is 3.52. The van der Waals surface area contributed by atoms with Crippen LogP contribution in [0.25, 0.3) is 0 Å². The van der Waals surface area contributed by atoms with Gasteiger partial charge in [-0.1, -0.05) is 0 Å². The summed E-state index contributed by atoms with van der Waals surface area (Å²) in [7, 11) is 0. The molecule has 0 fully saturated rings. The van der Waals surface area contributed by atoms with Crippen molar-refractivity contribution in [3.8, 4) is 17.2 Å². The Morgan fingerprint density at radius 1 is 1.22 bits per heavy atom. The van der Waals surface area contributed by atoms with E-state index in [4.69, 9.17) is 15.2 Å². The summed E-state index contributed by atoms with van der Waals surface area (Å²) in [4.78, 5) is 0. The quantitative estimate of drug-likeness (QED) is 0.917. The van der Waals surface area contributed by atoms with Gasteiger partial charge in [0, 0.05) is 6.07 Å². The van der Waals surface area contributed by atoms with Crippen LogP contribution in [0.2, 0.25) is 0 Å². The molecule has 0 aromatic heterocycles. The fourth-order valence-electron chi connectivity index (χ4n) is 1.67. The summed E-state index contributed by atoms with van der Waals surface area (Å²) >= 11 is 0. The number of halogens is 3. The van der Waals surface area contributed by atoms with Gasteiger partial charge in [-0.05, 0) is 24.6 Å². The zero-order valence-corrected chi connectivity index (χ0v) is 10.3. The van der Waals surface area contributed by atoms with Gasteiger partial charge in [-0.15, -0.1) is 12.4 Å². The standard InChI is InChI=1S/C11H13F2NO3.ClH/c12-11(13)17-8-6-10-9(15-3-4-16-10)5-7(8)1-2-14;/h5-6,11H,1-4,14H2;1H. The maximum absolute atomic E-state index is 12.2. The molecule has 0 saturated heterocycles. The van der Waals surface area contributed by atoms with Crippen LogP contribution in [0.3, 0.4) is 0 Å². The smallest absolute Gasteiger partial charge is 0.387 e. The summed E-state index contributed by atoms with van der Waals surface area (Å²) in [6.45, 7) is -1.67. The fraction of sp³-hybridized carbons (Fsp3) is 0.455. The number of hydrogen-bond donors (Lipinski definition) is 1. The molecule has 0 aliphatic carbocycles. The average Bonchev–Trinajstić information content (AvgIpc) is 2.29. The van der Waals surface area contributed by atoms with E-state index in [1.165, 1.54) is 6.07 Å². The highest BCUT2D eigenvalue weighted by molar-refractivity contribution is 5.85. The molecule has 1 aromatic carbocycles. The molecule has 1 aromatic rings. The summed E-state index contributed by atoms with van der Waals surface area (Å²) in [6.07, 6.45) is 0.443. The van der Waals surface area contributed by atoms with Gasteiger partial charge in [-0.2, -0.15) is 8.78 Å². The summed E-state index contributed by atoms with van der Waals surface area (Å²) < 4.78 is 39.6. The third-order valence-electron chi connectivity index (χ3n) is 2.36. The van der Waals surface area contributed by atoms with Crippen LogP contribution in [0.4, 0.5) is 8.78 Å². The summed E-state index contributed by atoms with van der Waals surface area (Å²) in [5, 5.41) is 0. The number of alkyl halides is 2. The van der Waals surface area contributed by atoms with Gasteiger partial charge in [0.2, 0.25) is 0 Å². The Kier molecular flexibility index (Phi) is 5.43. The van der Waals surface area contributed by atoms with Gasteiger partial charge < -0.3 is 19.9 Å². The maximum atomic E-state index is 12.2. The summed E-state index contributed by atoms with van der Waals surface area (Å²) in [5.41, 5.74) is 6.02. The Morgan fingerprint density at radius 2 is 1.83 bits per heavy atom. The van der Waals surface area contributed by atoms with Gasteiger partial charge in [0.1, 0.15) is 19.0 Å². The molecular formula is C11H14ClF2NO3. The molecule has 1 aliphatic rings. The fourth-order valence-corrected chi connectivity index (χ4v) is 1.67. The lowest BCUT2D eigenvalue weighted by Gasteiger charge is -2.21. The predicted molar refractivity (Wildman–Crippen MR) is 64.1 cm³/mol. The Labute approximate surface area is 109 Å². The van der Waals surface area contributed by atoms with Gasteiger partial charge in [0.05, 0.1) is 0 Å². The van der Waals surface area contributed by atoms with Gasteiger partial charge >= 0.3 is 6.61 Å². The van der Waals surface area contributed by atoms with Crippen LogP contribution in [-0.2, 0) is 6.42 Å². The minimum Gasteiger partial charge on any atom is -0.486 e. The van der Waals surface area contributed by atoms with Gasteiger partial charge in [0.25, 0.3) is 0 Å². The zero-order valence-electron chi connectivity index (χ0n) is 9.53. The molecule has 2 rings (SSSR count). The maximum Gasteiger partial charge on any atom is 0.387 e. The second kappa shape index (κ2) is 6.61. The molecule has 0 saturated carbocycles. The highest BCUT2D eigenvalue weighted by Crippen LogP contribution is 2.37. The van der Waals surface area contributed by atoms with E-state index in [1.807, 2.05) is 0 Å². The van der Waals surface area contributed by atoms with Crippen LogP contribution in [0.1, 0.15) is 5.56 Å². The second-order valence-electron chi connectivity index (χ2n) is 3.52. The number of nitrogens with two attached hydrogens (primary N) is 1. The Morgan fingerprint density at radius 3 is 2.39 bits per heavy atom. The first kappa shape index (κ1) is 14.8. The van der Waals surface area contributed by atoms with Crippen LogP contribution in [0, 0.1) is 0 Å². The largest absolute Gasteiger partial charge is 0.486 e. The first-order valence-electron chi connectivity index (χ1n) is 5.28. The summed E-state index contributed by atoms with van der Waals surface area (Å²) in [5.74, 6) is 1.06. The van der Waals surface area contributed by atoms with Crippen molar-refractivity contribution < 1.29 is 23.0 Å². The van der Waals surface area contributed by atoms with E-state index in [0.717, 1.165) is 0 Å². The van der Waals surface area contributed by atoms with Crippen LogP contribution in [0.5, 0.6) is 17.2 Å². The molecule has 0 atom stereocenters. The van der Waals surface area contributed by atoms with Crippen molar-refractivity contribution in [2.75, 3.05) is 19.8 Å². The zero-order chi connectivity index (χ0) is 12.3. The topological polar surface area (TPSA) is 53.7 Å². The molecule has 1 aliphatic heterocycles. The highest BCUT2D eigenvalue weighted by Gasteiger charge is 2.18. The lowest BCUT2D eigenvalue weighted by atomic mass is 10.1. The molecule has 18 heavy (non-hydrogen) atoms. The lowest BCUT2D eigenvalue weighted by molar-refractivity contribution is -0.0506. The molecule has 0 unspecified atom stereocenters. The van der Waals surface area contributed by atoms with Crippen LogP contribution >= 0.6 is 12.4 Å². The van der Waals surface area contributed by atoms with Crippen molar-refractivity contribution in [3.63, 3.8) is 0 Å². The Balaban J connectivity index is 0.00000162. The SMILES string of the molecule is Cl.NCCc1cc2c(cc1OC(F)F)OCCO2. The lowest BCUT2D eigenvalue weighted by Crippen LogP contribution is -2.16. The van der Waals surface area contributed by atoms with E-state index in [-0.39, 0.29) is 18.2 Å². The van der Waals surface area contributed by atoms with Crippen LogP contribution in [-0.4, -0.2) is 26.4 Å². The van der Waals surface area contributed by atoms with E-state index in [9.17, 15) is 8.78 Å². The monoisotopic (exact) mass is 281 g/mol. The van der Waals surface area contributed by atoms with Crippen molar-refractivity contribution in [1.29, 1.82) is 0 Å². The molecule has 1 heterocycles. The van der Waals surface area contributed by atoms with Crippen molar-refractivity contribution in [3.05, 3.63) is 17.7 Å². The minimum atomic E-state index is -2.87. The van der Waals surface area contributed by atoms with Gasteiger partial charge in [-0.3, -0.25) is 0 Å². The van der Waals surface area contributed by atoms with E-state index in [2.05, 4.69) is 4.74 Å². The molecule has 4 nitrogen and oxygen atoms in total. The van der Waals surface area contributed by atoms with E-state index in [0.29, 0.717) is 43.2 Å². The molecule has 0 radical (unpaired) electrons. The van der Waals surface area contributed by atoms with E-state index in [1.54, 1.807) is 6.07 Å². The first-order chi connectivity index (χ1) is 8.20. The Hall–Kier alpha value is -1.27. The van der Waals surface area contributed by atoms with Crippen molar-refractivity contribution in [2.45, 2.75) is 13.0 Å². The molecular weight excluding hydrogens is 268 g/mol. The van der Waals surface area contributed by atoms with Crippen molar-refractivity contribution >= 4 is 12.4 Å². The molecule has 2 N–H and O–H groups in total. The molecule has 0 spiro atoms. The van der Waals surface area contributed by atoms with E-state index >= 15 is 0 Å². The molecule has 0 amide bonds. The number of rotatable bonds is 4. The first-order valence-corrected chi connectivity index (χ1v) is 5.28. The minimum absolute atomic E-state index is 0. The van der Waals surface area contributed by atoms with E-state index < -0.39 is 6.61 Å². The molecule has 7 heteroatoms. The number of hydrogen-bond acceptors (Lipinski definition) is 4. The number of fused-ring (bicyclic) bond motifs is 1. The number of ether oxygens (including phenoxy) is 3. The van der Waals surface area contributed by atoms with Crippen LogP contribution in [0.15, 0.2) is 12.1 Å². The van der Waals surface area contributed by atoms with Crippen molar-refractivity contribution in [2.24, 2.45) is 5.73 Å². The average molecular weight is 282 g/mol. The van der Waals surface area contributed by atoms with Gasteiger partial charge in [0.15, 0.2) is 11.5 Å². The van der Waals surface area contributed by atoms with Gasteiger partial charge in [-0.25, -0.2) is 0 Å². The highest BCUT2D eigenvalue weighted by atomic mass is 35.5. The third kappa shape index (κ3) is 3.36. The normalized spacial score (nSPS) is 13.1. The summed E-state index contributed by atoms with van der Waals surface area (Å²) in [6, 6.07) is 3.06. The number of benzene rings is 1.